The first-order chi connectivity index (χ1) is 16.6. The van der Waals surface area contributed by atoms with E-state index in [1.165, 1.54) is 57.8 Å². The van der Waals surface area contributed by atoms with E-state index >= 15 is 0 Å². The van der Waals surface area contributed by atoms with Crippen LogP contribution in [0.3, 0.4) is 0 Å². The molecule has 9 atom stereocenters. The molecule has 3 fully saturated rings. The summed E-state index contributed by atoms with van der Waals surface area (Å²) in [5.74, 6) is 4.61. The summed E-state index contributed by atoms with van der Waals surface area (Å²) in [6.45, 7) is 24.1. The molecule has 0 bridgehead atoms. The van der Waals surface area contributed by atoms with Crippen LogP contribution in [0, 0.1) is 46.3 Å². The molecule has 1 N–H and O–H groups in total. The predicted molar refractivity (Wildman–Crippen MR) is 157 cm³/mol. The lowest BCUT2D eigenvalue weighted by molar-refractivity contribution is -0.0572. The summed E-state index contributed by atoms with van der Waals surface area (Å²) in [6, 6.07) is 0. The summed E-state index contributed by atoms with van der Waals surface area (Å²) in [6.07, 6.45) is 16.0. The Bertz CT molecular complexity index is 809. The lowest BCUT2D eigenvalue weighted by Gasteiger charge is -2.59. The van der Waals surface area contributed by atoms with Crippen LogP contribution in [0.5, 0.6) is 0 Å². The number of rotatable bonds is 7. The van der Waals surface area contributed by atoms with Gasteiger partial charge in [0.15, 0.2) is 8.32 Å². The standard InChI is InChI=1S/C33H60O2Si/c1-22(2)30(34)16-11-23(3)27-14-15-28-26-13-12-24-21-25(35-36(9,10)31(4,5)6)17-19-32(24,7)29(26)18-20-33(27,28)8/h12,22-23,25-30,34H,11,13-21H2,1-10H3/t23-,25+,26+,27-,28+,29+,30-,32+,33-/m1/s1. The molecule has 0 amide bonds. The summed E-state index contributed by atoms with van der Waals surface area (Å²) in [5.41, 5.74) is 2.67. The van der Waals surface area contributed by atoms with Gasteiger partial charge >= 0.3 is 0 Å². The van der Waals surface area contributed by atoms with E-state index in [0.717, 1.165) is 36.0 Å². The van der Waals surface area contributed by atoms with Crippen LogP contribution >= 0.6 is 0 Å². The fourth-order valence-electron chi connectivity index (χ4n) is 9.26. The van der Waals surface area contributed by atoms with Crippen molar-refractivity contribution in [2.75, 3.05) is 0 Å². The number of aliphatic hydroxyl groups is 1. The number of allylic oxidation sites excluding steroid dienone is 1. The van der Waals surface area contributed by atoms with Crippen molar-refractivity contribution in [2.45, 2.75) is 150 Å². The molecule has 0 aromatic heterocycles. The van der Waals surface area contributed by atoms with Crippen molar-refractivity contribution in [1.82, 2.24) is 0 Å². The maximum Gasteiger partial charge on any atom is 0.192 e. The maximum atomic E-state index is 10.4. The minimum Gasteiger partial charge on any atom is -0.414 e. The Kier molecular flexibility index (Phi) is 8.12. The Labute approximate surface area is 225 Å². The SMILES string of the molecule is CC(C)[C@H](O)CC[C@@H](C)[C@H]1CC[C@H]2[C@@H]3CC=C4C[C@@H](O[Si](C)(C)C(C)(C)C)CC[C@]4(C)[C@H]3CC[C@]12C. The van der Waals surface area contributed by atoms with Crippen molar-refractivity contribution in [2.24, 2.45) is 46.3 Å². The van der Waals surface area contributed by atoms with E-state index in [1.54, 1.807) is 5.57 Å². The Hall–Kier alpha value is -0.123. The van der Waals surface area contributed by atoms with Crippen LogP contribution in [0.25, 0.3) is 0 Å². The molecule has 0 unspecified atom stereocenters. The molecule has 4 rings (SSSR count). The van der Waals surface area contributed by atoms with Gasteiger partial charge in [-0.3, -0.25) is 0 Å². The van der Waals surface area contributed by atoms with Crippen molar-refractivity contribution < 1.29 is 9.53 Å². The molecule has 0 saturated heterocycles. The zero-order chi connectivity index (χ0) is 26.7. The van der Waals surface area contributed by atoms with E-state index in [1.807, 2.05) is 0 Å². The first-order valence-electron chi connectivity index (χ1n) is 15.7. The smallest absolute Gasteiger partial charge is 0.192 e. The lowest BCUT2D eigenvalue weighted by atomic mass is 9.47. The summed E-state index contributed by atoms with van der Waals surface area (Å²) in [4.78, 5) is 0. The fraction of sp³-hybridized carbons (Fsp3) is 0.939. The van der Waals surface area contributed by atoms with Crippen LogP contribution in [0.1, 0.15) is 120 Å². The van der Waals surface area contributed by atoms with Crippen LogP contribution in [-0.2, 0) is 4.43 Å². The molecule has 0 aliphatic heterocycles. The first-order valence-corrected chi connectivity index (χ1v) is 18.6. The Morgan fingerprint density at radius 3 is 2.33 bits per heavy atom. The molecule has 0 spiro atoms. The second kappa shape index (κ2) is 10.1. The highest BCUT2D eigenvalue weighted by Gasteiger charge is 2.59. The van der Waals surface area contributed by atoms with E-state index in [-0.39, 0.29) is 11.1 Å². The Morgan fingerprint density at radius 2 is 1.69 bits per heavy atom. The largest absolute Gasteiger partial charge is 0.414 e. The normalized spacial score (nSPS) is 40.8. The highest BCUT2D eigenvalue weighted by atomic mass is 28.4. The van der Waals surface area contributed by atoms with Crippen molar-refractivity contribution in [3.8, 4) is 0 Å². The Balaban J connectivity index is 1.45. The maximum absolute atomic E-state index is 10.4. The zero-order valence-corrected chi connectivity index (χ0v) is 26.6. The summed E-state index contributed by atoms with van der Waals surface area (Å²) in [7, 11) is -1.72. The van der Waals surface area contributed by atoms with Crippen molar-refractivity contribution in [1.29, 1.82) is 0 Å². The third-order valence-electron chi connectivity index (χ3n) is 12.8. The van der Waals surface area contributed by atoms with Gasteiger partial charge in [-0.25, -0.2) is 0 Å². The van der Waals surface area contributed by atoms with Crippen LogP contribution in [0.4, 0.5) is 0 Å². The summed E-state index contributed by atoms with van der Waals surface area (Å²) >= 11 is 0. The average molecular weight is 517 g/mol. The van der Waals surface area contributed by atoms with Crippen LogP contribution in [0.15, 0.2) is 11.6 Å². The second-order valence-corrected chi connectivity index (χ2v) is 20.9. The quantitative estimate of drug-likeness (QED) is 0.270. The fourth-order valence-corrected chi connectivity index (χ4v) is 10.7. The number of hydrogen-bond acceptors (Lipinski definition) is 2. The van der Waals surface area contributed by atoms with Crippen molar-refractivity contribution in [3.05, 3.63) is 11.6 Å². The highest BCUT2D eigenvalue weighted by molar-refractivity contribution is 6.74. The number of hydrogen-bond donors (Lipinski definition) is 1. The molecule has 36 heavy (non-hydrogen) atoms. The molecule has 3 saturated carbocycles. The lowest BCUT2D eigenvalue weighted by Crippen LogP contribution is -2.52. The van der Waals surface area contributed by atoms with Gasteiger partial charge in [-0.05, 0) is 129 Å². The van der Waals surface area contributed by atoms with Crippen LogP contribution < -0.4 is 0 Å². The third kappa shape index (κ3) is 5.08. The minimum atomic E-state index is -1.72. The molecule has 4 aliphatic rings. The van der Waals surface area contributed by atoms with Gasteiger partial charge in [-0.1, -0.05) is 67.0 Å². The molecular formula is C33H60O2Si. The van der Waals surface area contributed by atoms with Gasteiger partial charge in [0.1, 0.15) is 0 Å². The van der Waals surface area contributed by atoms with Gasteiger partial charge in [0.25, 0.3) is 0 Å². The second-order valence-electron chi connectivity index (χ2n) is 16.1. The van der Waals surface area contributed by atoms with Crippen molar-refractivity contribution >= 4 is 8.32 Å². The van der Waals surface area contributed by atoms with E-state index in [2.05, 4.69) is 74.6 Å². The molecule has 0 radical (unpaired) electrons. The van der Waals surface area contributed by atoms with E-state index in [9.17, 15) is 5.11 Å². The highest BCUT2D eigenvalue weighted by Crippen LogP contribution is 2.67. The van der Waals surface area contributed by atoms with Gasteiger partial charge < -0.3 is 9.53 Å². The third-order valence-corrected chi connectivity index (χ3v) is 17.3. The van der Waals surface area contributed by atoms with Crippen molar-refractivity contribution in [3.63, 3.8) is 0 Å². The predicted octanol–water partition coefficient (Wildman–Crippen LogP) is 9.39. The van der Waals surface area contributed by atoms with Gasteiger partial charge in [0, 0.05) is 6.10 Å². The molecule has 0 aromatic rings. The number of aliphatic hydroxyl groups excluding tert-OH is 1. The molecule has 2 nitrogen and oxygen atoms in total. The van der Waals surface area contributed by atoms with E-state index < -0.39 is 8.32 Å². The summed E-state index contributed by atoms with van der Waals surface area (Å²) in [5, 5.41) is 10.7. The van der Waals surface area contributed by atoms with Crippen LogP contribution in [-0.4, -0.2) is 25.6 Å². The molecule has 0 heterocycles. The molecular weight excluding hydrogens is 456 g/mol. The zero-order valence-electron chi connectivity index (χ0n) is 25.6. The van der Waals surface area contributed by atoms with Crippen LogP contribution in [0.2, 0.25) is 18.1 Å². The number of fused-ring (bicyclic) bond motifs is 5. The van der Waals surface area contributed by atoms with Gasteiger partial charge in [0.2, 0.25) is 0 Å². The molecule has 4 aliphatic carbocycles. The minimum absolute atomic E-state index is 0.134. The summed E-state index contributed by atoms with van der Waals surface area (Å²) < 4.78 is 6.93. The average Bonchev–Trinajstić information content (AvgIpc) is 3.13. The van der Waals surface area contributed by atoms with Gasteiger partial charge in [-0.15, -0.1) is 0 Å². The topological polar surface area (TPSA) is 29.5 Å². The monoisotopic (exact) mass is 516 g/mol. The van der Waals surface area contributed by atoms with E-state index in [4.69, 9.17) is 4.43 Å². The van der Waals surface area contributed by atoms with Gasteiger partial charge in [0.05, 0.1) is 6.10 Å². The molecule has 0 aromatic carbocycles. The van der Waals surface area contributed by atoms with E-state index in [0.29, 0.717) is 22.9 Å². The Morgan fingerprint density at radius 1 is 1.00 bits per heavy atom. The van der Waals surface area contributed by atoms with Gasteiger partial charge in [-0.2, -0.15) is 0 Å². The first kappa shape index (κ1) is 28.9. The molecule has 3 heteroatoms. The molecule has 208 valence electrons.